The summed E-state index contributed by atoms with van der Waals surface area (Å²) in [6.07, 6.45) is 2.11. The van der Waals surface area contributed by atoms with Crippen molar-refractivity contribution in [1.82, 2.24) is 9.88 Å². The molecule has 0 saturated carbocycles. The second-order valence-corrected chi connectivity index (χ2v) is 4.74. The van der Waals surface area contributed by atoms with E-state index in [1.54, 1.807) is 0 Å². The molecule has 1 N–H and O–H groups in total. The third-order valence-corrected chi connectivity index (χ3v) is 2.84. The van der Waals surface area contributed by atoms with Crippen LogP contribution in [0.5, 0.6) is 0 Å². The van der Waals surface area contributed by atoms with Crippen LogP contribution in [-0.4, -0.2) is 10.6 Å². The van der Waals surface area contributed by atoms with Crippen LogP contribution in [0.2, 0.25) is 0 Å². The van der Waals surface area contributed by atoms with Crippen molar-refractivity contribution >= 4 is 0 Å². The molecule has 2 nitrogen and oxygen atoms in total. The molecule has 1 aromatic heterocycles. The Hall–Kier alpha value is -1.54. The largest absolute Gasteiger partial charge is 0.320 e. The highest BCUT2D eigenvalue weighted by molar-refractivity contribution is 5.37. The maximum absolute atomic E-state index is 3.45. The predicted molar refractivity (Wildman–Crippen MR) is 72.5 cm³/mol. The summed E-state index contributed by atoms with van der Waals surface area (Å²) in [6.45, 7) is 7.34. The van der Waals surface area contributed by atoms with Gasteiger partial charge in [0.15, 0.2) is 0 Å². The Morgan fingerprint density at radius 1 is 1.12 bits per heavy atom. The minimum absolute atomic E-state index is 0.511. The van der Waals surface area contributed by atoms with Gasteiger partial charge in [0.25, 0.3) is 0 Å². The lowest BCUT2D eigenvalue weighted by atomic mass is 10.2. The van der Waals surface area contributed by atoms with Gasteiger partial charge in [0.05, 0.1) is 0 Å². The fourth-order valence-corrected chi connectivity index (χ4v) is 1.83. The Kier molecular flexibility index (Phi) is 3.64. The molecule has 0 atom stereocenters. The van der Waals surface area contributed by atoms with Gasteiger partial charge in [-0.05, 0) is 31.2 Å². The van der Waals surface area contributed by atoms with E-state index in [1.807, 2.05) is 0 Å². The number of rotatable bonds is 4. The highest BCUT2D eigenvalue weighted by Crippen LogP contribution is 2.13. The number of nitrogens with one attached hydrogen (secondary N) is 1. The van der Waals surface area contributed by atoms with Crippen LogP contribution in [-0.2, 0) is 6.54 Å². The topological polar surface area (TPSA) is 17.0 Å². The molecule has 2 heteroatoms. The van der Waals surface area contributed by atoms with E-state index in [0.717, 1.165) is 6.54 Å². The third-order valence-electron chi connectivity index (χ3n) is 2.84. The van der Waals surface area contributed by atoms with Crippen molar-refractivity contribution in [3.05, 3.63) is 53.9 Å². The minimum Gasteiger partial charge on any atom is -0.320 e. The standard InChI is InChI=1S/C15H20N2/c1-12(2)16-11-15-5-4-10-17(15)14-8-6-13(3)7-9-14/h4-10,12,16H,11H2,1-3H3. The van der Waals surface area contributed by atoms with Gasteiger partial charge in [-0.3, -0.25) is 0 Å². The predicted octanol–water partition coefficient (Wildman–Crippen LogP) is 3.28. The molecule has 0 unspecified atom stereocenters. The van der Waals surface area contributed by atoms with E-state index in [1.165, 1.54) is 16.9 Å². The number of benzene rings is 1. The van der Waals surface area contributed by atoms with Crippen LogP contribution in [0, 0.1) is 6.92 Å². The van der Waals surface area contributed by atoms with Gasteiger partial charge in [0, 0.05) is 30.2 Å². The zero-order valence-corrected chi connectivity index (χ0v) is 10.8. The lowest BCUT2D eigenvalue weighted by molar-refractivity contribution is 0.577. The van der Waals surface area contributed by atoms with Gasteiger partial charge in [0.1, 0.15) is 0 Å². The molecule has 0 aliphatic carbocycles. The second kappa shape index (κ2) is 5.19. The molecule has 0 saturated heterocycles. The van der Waals surface area contributed by atoms with Crippen LogP contribution in [0.1, 0.15) is 25.1 Å². The number of hydrogen-bond donors (Lipinski definition) is 1. The fraction of sp³-hybridized carbons (Fsp3) is 0.333. The molecule has 1 aromatic carbocycles. The summed E-state index contributed by atoms with van der Waals surface area (Å²) in [5.41, 5.74) is 3.81. The Morgan fingerprint density at radius 2 is 1.82 bits per heavy atom. The van der Waals surface area contributed by atoms with Crippen molar-refractivity contribution < 1.29 is 0 Å². The Bertz CT molecular complexity index is 466. The van der Waals surface area contributed by atoms with Crippen molar-refractivity contribution in [3.8, 4) is 5.69 Å². The normalized spacial score (nSPS) is 11.1. The molecule has 2 rings (SSSR count). The van der Waals surface area contributed by atoms with Crippen LogP contribution in [0.25, 0.3) is 5.69 Å². The number of nitrogens with zero attached hydrogens (tertiary/aromatic N) is 1. The zero-order valence-electron chi connectivity index (χ0n) is 10.8. The Morgan fingerprint density at radius 3 is 2.47 bits per heavy atom. The first-order valence-electron chi connectivity index (χ1n) is 6.13. The number of aryl methyl sites for hydroxylation is 1. The molecule has 0 fully saturated rings. The molecule has 0 spiro atoms. The van der Waals surface area contributed by atoms with Crippen LogP contribution in [0.15, 0.2) is 42.6 Å². The highest BCUT2D eigenvalue weighted by atomic mass is 15.0. The molecule has 0 radical (unpaired) electrons. The van der Waals surface area contributed by atoms with E-state index in [2.05, 4.69) is 73.3 Å². The van der Waals surface area contributed by atoms with Crippen LogP contribution < -0.4 is 5.32 Å². The van der Waals surface area contributed by atoms with Crippen LogP contribution in [0.3, 0.4) is 0 Å². The minimum atomic E-state index is 0.511. The van der Waals surface area contributed by atoms with E-state index in [9.17, 15) is 0 Å². The highest BCUT2D eigenvalue weighted by Gasteiger charge is 2.03. The third kappa shape index (κ3) is 2.98. The first-order chi connectivity index (χ1) is 8.16. The molecule has 0 aliphatic rings. The average Bonchev–Trinajstić information content (AvgIpc) is 2.75. The lowest BCUT2D eigenvalue weighted by Gasteiger charge is -2.12. The maximum atomic E-state index is 3.45. The van der Waals surface area contributed by atoms with Crippen molar-refractivity contribution in [1.29, 1.82) is 0 Å². The van der Waals surface area contributed by atoms with Gasteiger partial charge in [-0.15, -0.1) is 0 Å². The molecule has 90 valence electrons. The smallest absolute Gasteiger partial charge is 0.0453 e. The fourth-order valence-electron chi connectivity index (χ4n) is 1.83. The van der Waals surface area contributed by atoms with E-state index in [-0.39, 0.29) is 0 Å². The summed E-state index contributed by atoms with van der Waals surface area (Å²) < 4.78 is 2.23. The van der Waals surface area contributed by atoms with E-state index in [0.29, 0.717) is 6.04 Å². The van der Waals surface area contributed by atoms with Crippen LogP contribution in [0.4, 0.5) is 0 Å². The summed E-state index contributed by atoms with van der Waals surface area (Å²) in [5, 5.41) is 3.45. The maximum Gasteiger partial charge on any atom is 0.0453 e. The summed E-state index contributed by atoms with van der Waals surface area (Å²) in [5.74, 6) is 0. The average molecular weight is 228 g/mol. The van der Waals surface area contributed by atoms with Crippen molar-refractivity contribution in [2.24, 2.45) is 0 Å². The van der Waals surface area contributed by atoms with E-state index < -0.39 is 0 Å². The quantitative estimate of drug-likeness (QED) is 0.849. The first kappa shape index (κ1) is 11.9. The Balaban J connectivity index is 2.21. The van der Waals surface area contributed by atoms with Crippen LogP contribution >= 0.6 is 0 Å². The zero-order chi connectivity index (χ0) is 12.3. The lowest BCUT2D eigenvalue weighted by Crippen LogP contribution is -2.23. The SMILES string of the molecule is Cc1ccc(-n2cccc2CNC(C)C)cc1. The van der Waals surface area contributed by atoms with E-state index in [4.69, 9.17) is 0 Å². The number of hydrogen-bond acceptors (Lipinski definition) is 1. The monoisotopic (exact) mass is 228 g/mol. The molecule has 0 bridgehead atoms. The van der Waals surface area contributed by atoms with Crippen molar-refractivity contribution in [2.75, 3.05) is 0 Å². The number of aromatic nitrogens is 1. The van der Waals surface area contributed by atoms with Gasteiger partial charge < -0.3 is 9.88 Å². The summed E-state index contributed by atoms with van der Waals surface area (Å²) >= 11 is 0. The van der Waals surface area contributed by atoms with Gasteiger partial charge in [0.2, 0.25) is 0 Å². The Labute approximate surface area is 103 Å². The van der Waals surface area contributed by atoms with Gasteiger partial charge >= 0.3 is 0 Å². The van der Waals surface area contributed by atoms with Gasteiger partial charge in [-0.25, -0.2) is 0 Å². The first-order valence-corrected chi connectivity index (χ1v) is 6.13. The second-order valence-electron chi connectivity index (χ2n) is 4.74. The van der Waals surface area contributed by atoms with E-state index >= 15 is 0 Å². The summed E-state index contributed by atoms with van der Waals surface area (Å²) in [7, 11) is 0. The summed E-state index contributed by atoms with van der Waals surface area (Å²) in [6, 6.07) is 13.4. The molecular formula is C15H20N2. The molecule has 17 heavy (non-hydrogen) atoms. The van der Waals surface area contributed by atoms with Gasteiger partial charge in [-0.2, -0.15) is 0 Å². The molecule has 0 aliphatic heterocycles. The molecule has 0 amide bonds. The molecule has 2 aromatic rings. The van der Waals surface area contributed by atoms with Gasteiger partial charge in [-0.1, -0.05) is 31.5 Å². The van der Waals surface area contributed by atoms with Crippen molar-refractivity contribution in [2.45, 2.75) is 33.4 Å². The molecule has 1 heterocycles. The molecular weight excluding hydrogens is 208 g/mol. The van der Waals surface area contributed by atoms with Crippen molar-refractivity contribution in [3.63, 3.8) is 0 Å². The summed E-state index contributed by atoms with van der Waals surface area (Å²) in [4.78, 5) is 0.